The molecule has 0 saturated heterocycles. The minimum atomic E-state index is -0.140. The van der Waals surface area contributed by atoms with Gasteiger partial charge in [0, 0.05) is 15.2 Å². The van der Waals surface area contributed by atoms with Gasteiger partial charge in [-0.15, -0.1) is 11.8 Å². The number of halogens is 1. The van der Waals surface area contributed by atoms with Crippen LogP contribution in [-0.4, -0.2) is 16.5 Å². The Balaban J connectivity index is 2.03. The molecule has 1 aromatic rings. The Bertz CT molecular complexity index is 316. The second kappa shape index (κ2) is 4.56. The lowest BCUT2D eigenvalue weighted by molar-refractivity contribution is 0.188. The molecular formula is C11H13ClOS. The van der Waals surface area contributed by atoms with Crippen molar-refractivity contribution in [3.63, 3.8) is 0 Å². The Kier molecular flexibility index (Phi) is 3.37. The molecule has 1 saturated carbocycles. The summed E-state index contributed by atoms with van der Waals surface area (Å²) in [5.74, 6) is 0. The average molecular weight is 229 g/mol. The monoisotopic (exact) mass is 228 g/mol. The molecule has 3 heteroatoms. The summed E-state index contributed by atoms with van der Waals surface area (Å²) in [6.07, 6.45) is 3.05. The lowest BCUT2D eigenvalue weighted by Crippen LogP contribution is -2.14. The summed E-state index contributed by atoms with van der Waals surface area (Å²) >= 11 is 7.63. The molecule has 2 atom stereocenters. The summed E-state index contributed by atoms with van der Waals surface area (Å²) in [7, 11) is 0. The van der Waals surface area contributed by atoms with Gasteiger partial charge in [0.2, 0.25) is 0 Å². The summed E-state index contributed by atoms with van der Waals surface area (Å²) in [4.78, 5) is 1.16. The Hall–Kier alpha value is -0.180. The first-order valence-electron chi connectivity index (χ1n) is 4.86. The maximum Gasteiger partial charge on any atom is 0.0662 e. The van der Waals surface area contributed by atoms with Gasteiger partial charge < -0.3 is 5.11 Å². The second-order valence-corrected chi connectivity index (χ2v) is 5.36. The second-order valence-electron chi connectivity index (χ2n) is 3.61. The Morgan fingerprint density at radius 2 is 2.21 bits per heavy atom. The molecule has 0 aliphatic heterocycles. The van der Waals surface area contributed by atoms with E-state index in [-0.39, 0.29) is 6.10 Å². The SMILES string of the molecule is O[C@@H]1CCC[C@H]1Sc1cccc(Cl)c1. The zero-order valence-electron chi connectivity index (χ0n) is 7.82. The number of rotatable bonds is 2. The molecule has 1 aliphatic carbocycles. The van der Waals surface area contributed by atoms with E-state index in [1.54, 1.807) is 11.8 Å². The molecule has 14 heavy (non-hydrogen) atoms. The number of hydrogen-bond donors (Lipinski definition) is 1. The molecular weight excluding hydrogens is 216 g/mol. The highest BCUT2D eigenvalue weighted by Gasteiger charge is 2.25. The van der Waals surface area contributed by atoms with Crippen LogP contribution in [0.2, 0.25) is 5.02 Å². The fourth-order valence-electron chi connectivity index (χ4n) is 1.76. The molecule has 0 amide bonds. The van der Waals surface area contributed by atoms with E-state index in [0.717, 1.165) is 29.2 Å². The van der Waals surface area contributed by atoms with Crippen LogP contribution >= 0.6 is 23.4 Å². The van der Waals surface area contributed by atoms with Crippen LogP contribution in [0.5, 0.6) is 0 Å². The molecule has 0 aromatic heterocycles. The summed E-state index contributed by atoms with van der Waals surface area (Å²) in [5, 5.41) is 10.8. The van der Waals surface area contributed by atoms with Gasteiger partial charge in [-0.2, -0.15) is 0 Å². The van der Waals surface area contributed by atoms with Crippen molar-refractivity contribution in [3.8, 4) is 0 Å². The smallest absolute Gasteiger partial charge is 0.0662 e. The van der Waals surface area contributed by atoms with Gasteiger partial charge in [0.1, 0.15) is 0 Å². The van der Waals surface area contributed by atoms with Crippen molar-refractivity contribution in [2.24, 2.45) is 0 Å². The van der Waals surface area contributed by atoms with Crippen molar-refractivity contribution in [3.05, 3.63) is 29.3 Å². The molecule has 0 bridgehead atoms. The van der Waals surface area contributed by atoms with Crippen LogP contribution in [0.1, 0.15) is 19.3 Å². The molecule has 1 N–H and O–H groups in total. The fourth-order valence-corrected chi connectivity index (χ4v) is 3.29. The number of aliphatic hydroxyl groups is 1. The van der Waals surface area contributed by atoms with Gasteiger partial charge in [0.15, 0.2) is 0 Å². The van der Waals surface area contributed by atoms with Gasteiger partial charge in [-0.3, -0.25) is 0 Å². The quantitative estimate of drug-likeness (QED) is 0.838. The maximum atomic E-state index is 9.67. The van der Waals surface area contributed by atoms with Gasteiger partial charge in [0.05, 0.1) is 6.10 Å². The predicted octanol–water partition coefficient (Wildman–Crippen LogP) is 3.35. The molecule has 2 rings (SSSR count). The minimum Gasteiger partial charge on any atom is -0.392 e. The minimum absolute atomic E-state index is 0.140. The molecule has 1 fully saturated rings. The summed E-state index contributed by atoms with van der Waals surface area (Å²) in [5.41, 5.74) is 0. The van der Waals surface area contributed by atoms with Gasteiger partial charge in [-0.25, -0.2) is 0 Å². The molecule has 1 nitrogen and oxygen atoms in total. The normalized spacial score (nSPS) is 26.7. The van der Waals surface area contributed by atoms with E-state index in [1.807, 2.05) is 24.3 Å². The Morgan fingerprint density at radius 3 is 2.86 bits per heavy atom. The van der Waals surface area contributed by atoms with Crippen LogP contribution in [0.25, 0.3) is 0 Å². The number of benzene rings is 1. The first kappa shape index (κ1) is 10.3. The molecule has 0 spiro atoms. The highest BCUT2D eigenvalue weighted by Crippen LogP contribution is 2.35. The predicted molar refractivity (Wildman–Crippen MR) is 61.0 cm³/mol. The average Bonchev–Trinajstić information content (AvgIpc) is 2.52. The molecule has 0 unspecified atom stereocenters. The van der Waals surface area contributed by atoms with Crippen molar-refractivity contribution >= 4 is 23.4 Å². The number of aliphatic hydroxyl groups excluding tert-OH is 1. The van der Waals surface area contributed by atoms with Gasteiger partial charge in [0.25, 0.3) is 0 Å². The topological polar surface area (TPSA) is 20.2 Å². The first-order valence-corrected chi connectivity index (χ1v) is 6.12. The van der Waals surface area contributed by atoms with E-state index in [9.17, 15) is 5.11 Å². The van der Waals surface area contributed by atoms with Crippen LogP contribution in [0.3, 0.4) is 0 Å². The van der Waals surface area contributed by atoms with Crippen molar-refractivity contribution in [1.82, 2.24) is 0 Å². The summed E-state index contributed by atoms with van der Waals surface area (Å²) in [6, 6.07) is 7.82. The lowest BCUT2D eigenvalue weighted by Gasteiger charge is -2.13. The largest absolute Gasteiger partial charge is 0.392 e. The van der Waals surface area contributed by atoms with Crippen molar-refractivity contribution in [1.29, 1.82) is 0 Å². The van der Waals surface area contributed by atoms with Gasteiger partial charge >= 0.3 is 0 Å². The van der Waals surface area contributed by atoms with Crippen LogP contribution in [0, 0.1) is 0 Å². The van der Waals surface area contributed by atoms with Gasteiger partial charge in [-0.1, -0.05) is 17.7 Å². The molecule has 0 heterocycles. The molecule has 76 valence electrons. The Morgan fingerprint density at radius 1 is 1.36 bits per heavy atom. The highest BCUT2D eigenvalue weighted by atomic mass is 35.5. The third-order valence-corrected chi connectivity index (χ3v) is 4.12. The van der Waals surface area contributed by atoms with Crippen LogP contribution in [-0.2, 0) is 0 Å². The van der Waals surface area contributed by atoms with Crippen LogP contribution < -0.4 is 0 Å². The van der Waals surface area contributed by atoms with Gasteiger partial charge in [-0.05, 0) is 37.5 Å². The molecule has 0 radical (unpaired) electrons. The zero-order chi connectivity index (χ0) is 9.97. The molecule has 1 aliphatic rings. The van der Waals surface area contributed by atoms with Crippen molar-refractivity contribution in [2.45, 2.75) is 35.5 Å². The Labute approximate surface area is 93.5 Å². The third-order valence-electron chi connectivity index (χ3n) is 2.50. The number of thioether (sulfide) groups is 1. The third kappa shape index (κ3) is 2.44. The summed E-state index contributed by atoms with van der Waals surface area (Å²) in [6.45, 7) is 0. The number of hydrogen-bond acceptors (Lipinski definition) is 2. The van der Waals surface area contributed by atoms with E-state index >= 15 is 0 Å². The van der Waals surface area contributed by atoms with E-state index in [1.165, 1.54) is 0 Å². The van der Waals surface area contributed by atoms with E-state index < -0.39 is 0 Å². The van der Waals surface area contributed by atoms with E-state index in [2.05, 4.69) is 0 Å². The van der Waals surface area contributed by atoms with Crippen LogP contribution in [0.4, 0.5) is 0 Å². The van der Waals surface area contributed by atoms with E-state index in [0.29, 0.717) is 5.25 Å². The molecule has 1 aromatic carbocycles. The van der Waals surface area contributed by atoms with E-state index in [4.69, 9.17) is 11.6 Å². The first-order chi connectivity index (χ1) is 6.75. The lowest BCUT2D eigenvalue weighted by atomic mass is 10.3. The standard InChI is InChI=1S/C11H13ClOS/c12-8-3-1-4-9(7-8)14-11-6-2-5-10(11)13/h1,3-4,7,10-11,13H,2,5-6H2/t10-,11-/m1/s1. The van der Waals surface area contributed by atoms with Crippen molar-refractivity contribution in [2.75, 3.05) is 0 Å². The maximum absolute atomic E-state index is 9.67. The highest BCUT2D eigenvalue weighted by molar-refractivity contribution is 8.00. The zero-order valence-corrected chi connectivity index (χ0v) is 9.39. The summed E-state index contributed by atoms with van der Waals surface area (Å²) < 4.78 is 0. The fraction of sp³-hybridized carbons (Fsp3) is 0.455. The van der Waals surface area contributed by atoms with Crippen LogP contribution in [0.15, 0.2) is 29.2 Å². The van der Waals surface area contributed by atoms with Crippen molar-refractivity contribution < 1.29 is 5.11 Å².